The maximum atomic E-state index is 12.4. The van der Waals surface area contributed by atoms with E-state index in [9.17, 15) is 9.59 Å². The molecule has 0 unspecified atom stereocenters. The van der Waals surface area contributed by atoms with Crippen molar-refractivity contribution < 1.29 is 19.1 Å². The van der Waals surface area contributed by atoms with Crippen molar-refractivity contribution in [2.45, 2.75) is 5.75 Å². The Morgan fingerprint density at radius 2 is 1.71 bits per heavy atom. The molecule has 31 heavy (non-hydrogen) atoms. The monoisotopic (exact) mass is 432 g/mol. The van der Waals surface area contributed by atoms with Crippen LogP contribution in [0.2, 0.25) is 0 Å². The van der Waals surface area contributed by atoms with Crippen molar-refractivity contribution >= 4 is 29.3 Å². The Morgan fingerprint density at radius 1 is 1.00 bits per heavy atom. The van der Waals surface area contributed by atoms with Crippen molar-refractivity contribution in [2.75, 3.05) is 18.2 Å². The third kappa shape index (κ3) is 6.36. The minimum atomic E-state index is -0.357. The summed E-state index contributed by atoms with van der Waals surface area (Å²) < 4.78 is 10.5. The van der Waals surface area contributed by atoms with Gasteiger partial charge in [-0.1, -0.05) is 24.3 Å². The molecular formula is C24H20N2O4S. The average molecular weight is 433 g/mol. The van der Waals surface area contributed by atoms with Crippen molar-refractivity contribution in [2.24, 2.45) is 0 Å². The number of para-hydroxylation sites is 1. The third-order valence-corrected chi connectivity index (χ3v) is 5.24. The summed E-state index contributed by atoms with van der Waals surface area (Å²) in [5.74, 6) is 1.09. The van der Waals surface area contributed by atoms with Crippen molar-refractivity contribution in [3.05, 3.63) is 89.5 Å². The largest absolute Gasteiger partial charge is 0.496 e. The molecule has 0 aliphatic heterocycles. The highest BCUT2D eigenvalue weighted by atomic mass is 32.2. The molecule has 3 aromatic rings. The second-order valence-electron chi connectivity index (χ2n) is 6.45. The number of hydrogen-bond donors (Lipinski definition) is 1. The van der Waals surface area contributed by atoms with Gasteiger partial charge in [0.05, 0.1) is 30.1 Å². The van der Waals surface area contributed by atoms with Gasteiger partial charge in [0.1, 0.15) is 11.5 Å². The lowest BCUT2D eigenvalue weighted by Gasteiger charge is -2.10. The van der Waals surface area contributed by atoms with Crippen LogP contribution in [-0.2, 0) is 10.5 Å². The summed E-state index contributed by atoms with van der Waals surface area (Å²) in [6, 6.07) is 22.9. The molecule has 156 valence electrons. The van der Waals surface area contributed by atoms with E-state index in [1.807, 2.05) is 12.1 Å². The lowest BCUT2D eigenvalue weighted by atomic mass is 10.2. The van der Waals surface area contributed by atoms with Gasteiger partial charge in [0, 0.05) is 11.4 Å². The van der Waals surface area contributed by atoms with E-state index < -0.39 is 0 Å². The van der Waals surface area contributed by atoms with E-state index in [4.69, 9.17) is 14.7 Å². The Morgan fingerprint density at radius 3 is 2.39 bits per heavy atom. The molecule has 0 spiro atoms. The number of esters is 1. The van der Waals surface area contributed by atoms with Gasteiger partial charge in [-0.2, -0.15) is 5.26 Å². The van der Waals surface area contributed by atoms with Gasteiger partial charge in [-0.15, -0.1) is 11.8 Å². The summed E-state index contributed by atoms with van der Waals surface area (Å²) in [7, 11) is 1.51. The van der Waals surface area contributed by atoms with Gasteiger partial charge >= 0.3 is 5.97 Å². The number of nitrogens with one attached hydrogen (secondary N) is 1. The summed E-state index contributed by atoms with van der Waals surface area (Å²) in [5.41, 5.74) is 2.65. The van der Waals surface area contributed by atoms with Gasteiger partial charge in [0.25, 0.3) is 5.91 Å². The van der Waals surface area contributed by atoms with Crippen LogP contribution in [0.4, 0.5) is 5.69 Å². The molecule has 0 fully saturated rings. The zero-order valence-corrected chi connectivity index (χ0v) is 17.6. The first-order valence-electron chi connectivity index (χ1n) is 9.41. The van der Waals surface area contributed by atoms with Crippen molar-refractivity contribution in [1.29, 1.82) is 5.26 Å². The van der Waals surface area contributed by atoms with Crippen molar-refractivity contribution in [1.82, 2.24) is 0 Å². The molecule has 0 aliphatic rings. The third-order valence-electron chi connectivity index (χ3n) is 4.27. The second kappa shape index (κ2) is 10.9. The van der Waals surface area contributed by atoms with Crippen LogP contribution >= 0.6 is 11.8 Å². The van der Waals surface area contributed by atoms with E-state index in [1.165, 1.54) is 18.9 Å². The van der Waals surface area contributed by atoms with Crippen LogP contribution in [0, 0.1) is 11.3 Å². The fourth-order valence-corrected chi connectivity index (χ4v) is 3.48. The highest BCUT2D eigenvalue weighted by molar-refractivity contribution is 7.99. The number of methoxy groups -OCH3 is 1. The molecule has 3 aromatic carbocycles. The summed E-state index contributed by atoms with van der Waals surface area (Å²) in [4.78, 5) is 24.5. The predicted octanol–water partition coefficient (Wildman–Crippen LogP) is 4.66. The summed E-state index contributed by atoms with van der Waals surface area (Å²) in [6.45, 7) is 0. The number of nitriles is 1. The van der Waals surface area contributed by atoms with Crippen LogP contribution in [0.3, 0.4) is 0 Å². The predicted molar refractivity (Wildman–Crippen MR) is 120 cm³/mol. The standard InChI is InChI=1S/C24H20N2O4S/c1-29-22-5-3-2-4-21(22)24(28)26-19-10-12-20(13-11-19)30-23(27)16-31-15-18-8-6-17(14-25)7-9-18/h2-13H,15-16H2,1H3,(H,26,28). The van der Waals surface area contributed by atoms with Gasteiger partial charge in [-0.05, 0) is 54.1 Å². The number of benzene rings is 3. The number of amides is 1. The van der Waals surface area contributed by atoms with Gasteiger partial charge in [0.15, 0.2) is 0 Å². The molecule has 0 atom stereocenters. The Bertz CT molecular complexity index is 1090. The summed E-state index contributed by atoms with van der Waals surface area (Å²) in [6.07, 6.45) is 0. The number of carbonyl (C=O) groups is 2. The van der Waals surface area contributed by atoms with E-state index in [-0.39, 0.29) is 17.6 Å². The van der Waals surface area contributed by atoms with E-state index in [0.29, 0.717) is 34.1 Å². The normalized spacial score (nSPS) is 10.1. The summed E-state index contributed by atoms with van der Waals surface area (Å²) >= 11 is 1.43. The maximum Gasteiger partial charge on any atom is 0.321 e. The summed E-state index contributed by atoms with van der Waals surface area (Å²) in [5, 5.41) is 11.6. The van der Waals surface area contributed by atoms with Crippen LogP contribution in [0.1, 0.15) is 21.5 Å². The Kier molecular flexibility index (Phi) is 7.68. The van der Waals surface area contributed by atoms with Gasteiger partial charge in [-0.25, -0.2) is 0 Å². The fourth-order valence-electron chi connectivity index (χ4n) is 2.73. The van der Waals surface area contributed by atoms with E-state index >= 15 is 0 Å². The second-order valence-corrected chi connectivity index (χ2v) is 7.44. The maximum absolute atomic E-state index is 12.4. The Hall–Kier alpha value is -3.76. The van der Waals surface area contributed by atoms with Gasteiger partial charge in [-0.3, -0.25) is 9.59 Å². The van der Waals surface area contributed by atoms with Crippen LogP contribution in [0.25, 0.3) is 0 Å². The molecule has 0 radical (unpaired) electrons. The minimum absolute atomic E-state index is 0.201. The molecule has 6 nitrogen and oxygen atoms in total. The number of rotatable bonds is 8. The molecular weight excluding hydrogens is 412 g/mol. The van der Waals surface area contributed by atoms with Crippen molar-refractivity contribution in [3.63, 3.8) is 0 Å². The van der Waals surface area contributed by atoms with Gasteiger partial charge in [0.2, 0.25) is 0 Å². The molecule has 0 bridgehead atoms. The van der Waals surface area contributed by atoms with Crippen LogP contribution in [-0.4, -0.2) is 24.7 Å². The Labute approximate surface area is 184 Å². The van der Waals surface area contributed by atoms with E-state index in [2.05, 4.69) is 11.4 Å². The lowest BCUT2D eigenvalue weighted by molar-refractivity contribution is -0.131. The lowest BCUT2D eigenvalue weighted by Crippen LogP contribution is -2.13. The smallest absolute Gasteiger partial charge is 0.321 e. The quantitative estimate of drug-likeness (QED) is 0.411. The number of nitrogens with zero attached hydrogens (tertiary/aromatic N) is 1. The van der Waals surface area contributed by atoms with E-state index in [1.54, 1.807) is 60.7 Å². The number of anilines is 1. The molecule has 1 amide bonds. The molecule has 0 aliphatic carbocycles. The highest BCUT2D eigenvalue weighted by Crippen LogP contribution is 2.21. The molecule has 0 saturated carbocycles. The average Bonchev–Trinajstić information content (AvgIpc) is 2.80. The first kappa shape index (κ1) is 21.9. The molecule has 0 heterocycles. The van der Waals surface area contributed by atoms with Crippen molar-refractivity contribution in [3.8, 4) is 17.6 Å². The zero-order chi connectivity index (χ0) is 22.1. The molecule has 0 aromatic heterocycles. The van der Waals surface area contributed by atoms with Gasteiger partial charge < -0.3 is 14.8 Å². The molecule has 1 N–H and O–H groups in total. The molecule has 0 saturated heterocycles. The number of hydrogen-bond acceptors (Lipinski definition) is 6. The number of ether oxygens (including phenoxy) is 2. The topological polar surface area (TPSA) is 88.4 Å². The van der Waals surface area contributed by atoms with Crippen LogP contribution in [0.15, 0.2) is 72.8 Å². The van der Waals surface area contributed by atoms with Crippen LogP contribution < -0.4 is 14.8 Å². The number of carbonyl (C=O) groups excluding carboxylic acids is 2. The van der Waals surface area contributed by atoms with Crippen LogP contribution in [0.5, 0.6) is 11.5 Å². The number of thioether (sulfide) groups is 1. The SMILES string of the molecule is COc1ccccc1C(=O)Nc1ccc(OC(=O)CSCc2ccc(C#N)cc2)cc1. The first-order chi connectivity index (χ1) is 15.1. The van der Waals surface area contributed by atoms with E-state index in [0.717, 1.165) is 5.56 Å². The minimum Gasteiger partial charge on any atom is -0.496 e. The zero-order valence-electron chi connectivity index (χ0n) is 16.8. The molecule has 7 heteroatoms. The molecule has 3 rings (SSSR count). The highest BCUT2D eigenvalue weighted by Gasteiger charge is 2.12. The Balaban J connectivity index is 1.47. The fraction of sp³-hybridized carbons (Fsp3) is 0.125. The first-order valence-corrected chi connectivity index (χ1v) is 10.6.